The SMILES string of the molecule is O=Cc1c[nH]c2cc(Cl)c(-c3ccc(C4(CO)CCC4)cc3)cc12. The van der Waals surface area contributed by atoms with Crippen LogP contribution >= 0.6 is 11.6 Å². The van der Waals surface area contributed by atoms with Gasteiger partial charge in [-0.2, -0.15) is 0 Å². The molecule has 0 unspecified atom stereocenters. The van der Waals surface area contributed by atoms with E-state index >= 15 is 0 Å². The Labute approximate surface area is 145 Å². The van der Waals surface area contributed by atoms with Crippen LogP contribution in [-0.2, 0) is 5.41 Å². The molecule has 0 saturated heterocycles. The molecule has 2 N–H and O–H groups in total. The number of carbonyl (C=O) groups excluding carboxylic acids is 1. The number of H-pyrrole nitrogens is 1. The van der Waals surface area contributed by atoms with E-state index in [-0.39, 0.29) is 12.0 Å². The first-order chi connectivity index (χ1) is 11.7. The van der Waals surface area contributed by atoms with Crippen LogP contribution in [0.15, 0.2) is 42.6 Å². The molecule has 1 saturated carbocycles. The highest BCUT2D eigenvalue weighted by molar-refractivity contribution is 6.34. The van der Waals surface area contributed by atoms with E-state index in [0.29, 0.717) is 10.6 Å². The average molecular weight is 340 g/mol. The largest absolute Gasteiger partial charge is 0.395 e. The van der Waals surface area contributed by atoms with Gasteiger partial charge in [0.25, 0.3) is 0 Å². The maximum atomic E-state index is 11.2. The zero-order valence-electron chi connectivity index (χ0n) is 13.2. The summed E-state index contributed by atoms with van der Waals surface area (Å²) in [5.41, 5.74) is 4.54. The Bertz CT molecular complexity index is 902. The van der Waals surface area contributed by atoms with Crippen molar-refractivity contribution in [2.75, 3.05) is 6.61 Å². The molecular weight excluding hydrogens is 322 g/mol. The van der Waals surface area contributed by atoms with E-state index in [1.165, 1.54) is 12.0 Å². The molecule has 3 nitrogen and oxygen atoms in total. The summed E-state index contributed by atoms with van der Waals surface area (Å²) in [6.45, 7) is 0.200. The molecule has 0 bridgehead atoms. The minimum Gasteiger partial charge on any atom is -0.395 e. The van der Waals surface area contributed by atoms with Gasteiger partial charge in [-0.05, 0) is 36.1 Å². The minimum atomic E-state index is -0.0579. The molecule has 4 rings (SSSR count). The number of rotatable bonds is 4. The van der Waals surface area contributed by atoms with Gasteiger partial charge in [-0.15, -0.1) is 0 Å². The highest BCUT2D eigenvalue weighted by Gasteiger charge is 2.37. The van der Waals surface area contributed by atoms with E-state index in [4.69, 9.17) is 11.6 Å². The van der Waals surface area contributed by atoms with Crippen LogP contribution in [0.2, 0.25) is 5.02 Å². The number of carbonyl (C=O) groups is 1. The third-order valence-corrected chi connectivity index (χ3v) is 5.66. The number of aliphatic hydroxyl groups excluding tert-OH is 1. The summed E-state index contributed by atoms with van der Waals surface area (Å²) < 4.78 is 0. The molecule has 1 aliphatic carbocycles. The number of aromatic nitrogens is 1. The third kappa shape index (κ3) is 2.27. The summed E-state index contributed by atoms with van der Waals surface area (Å²) >= 11 is 6.44. The minimum absolute atomic E-state index is 0.0579. The number of hydrogen-bond donors (Lipinski definition) is 2. The van der Waals surface area contributed by atoms with Gasteiger partial charge in [0.15, 0.2) is 6.29 Å². The molecule has 0 radical (unpaired) electrons. The first kappa shape index (κ1) is 15.4. The molecule has 2 aromatic carbocycles. The molecular formula is C20H18ClNO2. The first-order valence-corrected chi connectivity index (χ1v) is 8.52. The number of aromatic amines is 1. The van der Waals surface area contributed by atoms with Crippen LogP contribution in [0.1, 0.15) is 35.2 Å². The van der Waals surface area contributed by atoms with Crippen molar-refractivity contribution in [3.05, 3.63) is 58.7 Å². The summed E-state index contributed by atoms with van der Waals surface area (Å²) in [6, 6.07) is 12.1. The first-order valence-electron chi connectivity index (χ1n) is 8.14. The summed E-state index contributed by atoms with van der Waals surface area (Å²) in [4.78, 5) is 14.2. The number of aldehydes is 1. The van der Waals surface area contributed by atoms with E-state index in [9.17, 15) is 9.90 Å². The molecule has 3 aromatic rings. The van der Waals surface area contributed by atoms with Gasteiger partial charge < -0.3 is 10.1 Å². The van der Waals surface area contributed by atoms with Gasteiger partial charge in [-0.3, -0.25) is 4.79 Å². The second-order valence-corrected chi connectivity index (χ2v) is 7.02. The Morgan fingerprint density at radius 1 is 1.21 bits per heavy atom. The Kier molecular flexibility index (Phi) is 3.70. The summed E-state index contributed by atoms with van der Waals surface area (Å²) in [7, 11) is 0. The Morgan fingerprint density at radius 3 is 2.54 bits per heavy atom. The zero-order valence-corrected chi connectivity index (χ0v) is 13.9. The number of nitrogens with one attached hydrogen (secondary N) is 1. The molecule has 1 fully saturated rings. The lowest BCUT2D eigenvalue weighted by atomic mass is 9.65. The molecule has 0 amide bonds. The van der Waals surface area contributed by atoms with Crippen molar-refractivity contribution >= 4 is 28.8 Å². The van der Waals surface area contributed by atoms with Crippen LogP contribution in [-0.4, -0.2) is 23.0 Å². The average Bonchev–Trinajstić information content (AvgIpc) is 2.96. The van der Waals surface area contributed by atoms with Crippen LogP contribution in [0.5, 0.6) is 0 Å². The van der Waals surface area contributed by atoms with Crippen molar-refractivity contribution in [1.82, 2.24) is 4.98 Å². The summed E-state index contributed by atoms with van der Waals surface area (Å²) in [5, 5.41) is 11.2. The van der Waals surface area contributed by atoms with Gasteiger partial charge in [-0.25, -0.2) is 0 Å². The smallest absolute Gasteiger partial charge is 0.152 e. The maximum Gasteiger partial charge on any atom is 0.152 e. The monoisotopic (exact) mass is 339 g/mol. The fourth-order valence-corrected chi connectivity index (χ4v) is 3.90. The highest BCUT2D eigenvalue weighted by atomic mass is 35.5. The van der Waals surface area contributed by atoms with Crippen molar-refractivity contribution in [3.8, 4) is 11.1 Å². The molecule has 0 atom stereocenters. The molecule has 0 spiro atoms. The highest BCUT2D eigenvalue weighted by Crippen LogP contribution is 2.44. The van der Waals surface area contributed by atoms with Crippen molar-refractivity contribution in [1.29, 1.82) is 0 Å². The van der Waals surface area contributed by atoms with Crippen LogP contribution in [0.25, 0.3) is 22.0 Å². The lowest BCUT2D eigenvalue weighted by molar-refractivity contribution is 0.112. The molecule has 1 aliphatic rings. The molecule has 24 heavy (non-hydrogen) atoms. The molecule has 122 valence electrons. The predicted molar refractivity (Wildman–Crippen MR) is 96.7 cm³/mol. The van der Waals surface area contributed by atoms with Gasteiger partial charge in [0, 0.05) is 33.6 Å². The number of benzene rings is 2. The second kappa shape index (κ2) is 5.76. The van der Waals surface area contributed by atoms with Crippen LogP contribution in [0.3, 0.4) is 0 Å². The van der Waals surface area contributed by atoms with E-state index in [0.717, 1.165) is 41.2 Å². The number of hydrogen-bond acceptors (Lipinski definition) is 2. The maximum absolute atomic E-state index is 11.2. The summed E-state index contributed by atoms with van der Waals surface area (Å²) in [6.07, 6.45) is 5.81. The van der Waals surface area contributed by atoms with Crippen LogP contribution in [0, 0.1) is 0 Å². The van der Waals surface area contributed by atoms with Gasteiger partial charge in [0.2, 0.25) is 0 Å². The lowest BCUT2D eigenvalue weighted by Crippen LogP contribution is -2.37. The van der Waals surface area contributed by atoms with E-state index in [2.05, 4.69) is 17.1 Å². The normalized spacial score (nSPS) is 16.1. The fourth-order valence-electron chi connectivity index (χ4n) is 3.63. The zero-order chi connectivity index (χ0) is 16.7. The molecule has 1 aromatic heterocycles. The van der Waals surface area contributed by atoms with Crippen molar-refractivity contribution in [2.24, 2.45) is 0 Å². The van der Waals surface area contributed by atoms with Crippen LogP contribution < -0.4 is 0 Å². The van der Waals surface area contributed by atoms with Gasteiger partial charge in [-0.1, -0.05) is 42.3 Å². The standard InChI is InChI=1S/C20H18ClNO2/c21-18-9-19-17(14(11-23)10-22-19)8-16(18)13-2-4-15(5-3-13)20(12-24)6-1-7-20/h2-5,8-11,22,24H,1,6-7,12H2. The second-order valence-electron chi connectivity index (χ2n) is 6.61. The van der Waals surface area contributed by atoms with Gasteiger partial charge in [0.1, 0.15) is 0 Å². The van der Waals surface area contributed by atoms with E-state index < -0.39 is 0 Å². The molecule has 0 aliphatic heterocycles. The van der Waals surface area contributed by atoms with E-state index in [1.54, 1.807) is 6.20 Å². The summed E-state index contributed by atoms with van der Waals surface area (Å²) in [5.74, 6) is 0. The van der Waals surface area contributed by atoms with E-state index in [1.807, 2.05) is 24.3 Å². The van der Waals surface area contributed by atoms with Gasteiger partial charge >= 0.3 is 0 Å². The molecule has 4 heteroatoms. The number of aliphatic hydroxyl groups is 1. The number of fused-ring (bicyclic) bond motifs is 1. The number of halogens is 1. The third-order valence-electron chi connectivity index (χ3n) is 5.35. The lowest BCUT2D eigenvalue weighted by Gasteiger charge is -2.41. The van der Waals surface area contributed by atoms with Crippen molar-refractivity contribution < 1.29 is 9.90 Å². The molecule has 1 heterocycles. The van der Waals surface area contributed by atoms with Crippen LogP contribution in [0.4, 0.5) is 0 Å². The quantitative estimate of drug-likeness (QED) is 0.676. The van der Waals surface area contributed by atoms with Crippen molar-refractivity contribution in [2.45, 2.75) is 24.7 Å². The Morgan fingerprint density at radius 2 is 1.96 bits per heavy atom. The topological polar surface area (TPSA) is 53.1 Å². The Hall–Kier alpha value is -2.10. The Balaban J connectivity index is 1.77. The van der Waals surface area contributed by atoms with Gasteiger partial charge in [0.05, 0.1) is 11.6 Å². The fraction of sp³-hybridized carbons (Fsp3) is 0.250. The predicted octanol–water partition coefficient (Wildman–Crippen LogP) is 4.71. The van der Waals surface area contributed by atoms with Crippen molar-refractivity contribution in [3.63, 3.8) is 0 Å².